The fraction of sp³-hybridized carbons (Fsp3) is 0.617. The van der Waals surface area contributed by atoms with Crippen LogP contribution in [0.3, 0.4) is 0 Å². The van der Waals surface area contributed by atoms with Crippen molar-refractivity contribution in [3.8, 4) is 0 Å². The Morgan fingerprint density at radius 1 is 0.797 bits per heavy atom. The Morgan fingerprint density at radius 3 is 1.72 bits per heavy atom. The molecule has 0 radical (unpaired) electrons. The highest BCUT2D eigenvalue weighted by molar-refractivity contribution is 5.96. The van der Waals surface area contributed by atoms with Crippen molar-refractivity contribution in [3.05, 3.63) is 95.8 Å². The lowest BCUT2D eigenvalue weighted by atomic mass is 10.0. The van der Waals surface area contributed by atoms with Gasteiger partial charge in [0.05, 0.1) is 24.8 Å². The maximum Gasteiger partial charge on any atom is 0.272 e. The number of likely N-dealkylation sites (N-methyl/N-ethyl adjacent to an activating group) is 2. The molecule has 79 heavy (non-hydrogen) atoms. The van der Waals surface area contributed by atoms with E-state index >= 15 is 0 Å². The van der Waals surface area contributed by atoms with E-state index in [0.29, 0.717) is 44.3 Å². The van der Waals surface area contributed by atoms with Gasteiger partial charge in [-0.25, -0.2) is 5.43 Å². The van der Waals surface area contributed by atoms with Crippen LogP contribution in [0.2, 0.25) is 0 Å². The highest BCUT2D eigenvalue weighted by Gasteiger charge is 2.38. The summed E-state index contributed by atoms with van der Waals surface area (Å²) in [4.78, 5) is 84.0. The number of hydrazine groups is 1. The molecule has 3 aliphatic rings. The number of amides is 6. The van der Waals surface area contributed by atoms with Crippen LogP contribution < -0.4 is 48.5 Å². The molecule has 19 heteroatoms. The molecule has 5 rings (SSSR count). The van der Waals surface area contributed by atoms with Crippen molar-refractivity contribution in [2.24, 2.45) is 11.7 Å². The number of nitrogens with zero attached hydrogens (tertiary/aromatic N) is 3. The number of carbonyl (C=O) groups excluding carboxylic acids is 7. The molecule has 0 saturated carbocycles. The zero-order valence-electron chi connectivity index (χ0n) is 52.5. The minimum Gasteiger partial charge on any atom is -0.368 e. The van der Waals surface area contributed by atoms with Gasteiger partial charge < -0.3 is 57.7 Å². The Hall–Kier alpha value is -6.15. The van der Waals surface area contributed by atoms with E-state index in [9.17, 15) is 28.8 Å². The van der Waals surface area contributed by atoms with E-state index in [4.69, 9.17) is 10.5 Å². The quantitative estimate of drug-likeness (QED) is 0.0675. The van der Waals surface area contributed by atoms with E-state index in [1.165, 1.54) is 5.56 Å². The van der Waals surface area contributed by atoms with Gasteiger partial charge in [0.2, 0.25) is 30.5 Å². The van der Waals surface area contributed by atoms with Gasteiger partial charge in [-0.15, -0.1) is 0 Å². The van der Waals surface area contributed by atoms with Crippen LogP contribution in [0.25, 0.3) is 0 Å². The molecule has 10 N–H and O–H groups in total. The van der Waals surface area contributed by atoms with Crippen LogP contribution in [0.5, 0.6) is 0 Å². The molecule has 0 spiro atoms. The van der Waals surface area contributed by atoms with E-state index in [-0.39, 0.29) is 47.8 Å². The summed E-state index contributed by atoms with van der Waals surface area (Å²) in [5.41, 5.74) is 15.0. The van der Waals surface area contributed by atoms with Crippen molar-refractivity contribution >= 4 is 42.7 Å². The van der Waals surface area contributed by atoms with Crippen LogP contribution >= 0.6 is 0 Å². The number of nitrogens with one attached hydrogen (secondary N) is 8. The zero-order chi connectivity index (χ0) is 61.9. The molecule has 3 heterocycles. The lowest BCUT2D eigenvalue weighted by Gasteiger charge is -2.26. The van der Waals surface area contributed by atoms with Crippen LogP contribution in [-0.4, -0.2) is 148 Å². The van der Waals surface area contributed by atoms with Crippen molar-refractivity contribution < 1.29 is 33.6 Å². The maximum absolute atomic E-state index is 12.7. The number of aryl methyl sites for hydroxylation is 1. The minimum absolute atomic E-state index is 0.105. The van der Waals surface area contributed by atoms with E-state index in [1.807, 2.05) is 138 Å². The summed E-state index contributed by atoms with van der Waals surface area (Å²) < 4.78 is 0. The average Bonchev–Trinajstić information content (AvgIpc) is 4.28. The summed E-state index contributed by atoms with van der Waals surface area (Å²) in [7, 11) is 7.18. The van der Waals surface area contributed by atoms with Crippen molar-refractivity contribution in [2.75, 3.05) is 54.5 Å². The molecule has 2 aromatic carbocycles. The monoisotopic (exact) mass is 1110 g/mol. The number of aldehydes is 1. The second-order valence-corrected chi connectivity index (χ2v) is 17.6. The molecular formula is C60H112N12O7. The first-order valence-electron chi connectivity index (χ1n) is 28.6. The smallest absolute Gasteiger partial charge is 0.272 e. The number of primary amides is 1. The number of likely N-dealkylation sites (tertiary alicyclic amines) is 1. The molecule has 19 nitrogen and oxygen atoms in total. The predicted molar refractivity (Wildman–Crippen MR) is 328 cm³/mol. The maximum atomic E-state index is 12.7. The van der Waals surface area contributed by atoms with E-state index in [1.54, 1.807) is 32.0 Å². The number of nitrogens with two attached hydrogens (primary N) is 1. The van der Waals surface area contributed by atoms with Gasteiger partial charge >= 0.3 is 0 Å². The number of allylic oxidation sites excluding steroid dienone is 1. The second kappa shape index (κ2) is 53.8. The normalized spacial score (nSPS) is 16.7. The van der Waals surface area contributed by atoms with Gasteiger partial charge in [-0.2, -0.15) is 0 Å². The predicted octanol–water partition coefficient (Wildman–Crippen LogP) is 6.58. The summed E-state index contributed by atoms with van der Waals surface area (Å²) in [5.74, 6) is -0.753. The minimum atomic E-state index is -0.658. The van der Waals surface area contributed by atoms with Gasteiger partial charge in [0.15, 0.2) is 0 Å². The Kier molecular flexibility index (Phi) is 55.7. The standard InChI is InChI=1S/C19H31N7O3.C10H20N2O2.C9H11NO.C8H10.C4H11N.C2H5NO.4C2H6/c1-4-5-12(2)26-10-13(8-16(26)17(20)27)21-18(28)14-9-15(23-22-14)19(29)25-7-6-24(3)11-25;1-5-7(2)9(6-13)12-10(14)8(3)11-4;1-8(10-7-11)9-5-3-2-4-6-9;1-2-8-6-4-3-5-7-8;1-4(2)5-3;1-3-2-4;4*1-2/h9,13-14,16,22-23H,2,4-8,10-11H2,1,3H3,(H2,20,27)(H,21,28);6-9,11H,5H2,1-4H3,(H,12,14);2-8H,1H3,(H,10,11);3-7H,2H2,1H3;4-5H,1-3H3;2H,1H3,(H,3,4);4*1-2H3/t;7?,8-,9?;;;;;;;;/m.0......../s1. The molecule has 2 saturated heterocycles. The van der Waals surface area contributed by atoms with Gasteiger partial charge in [-0.1, -0.05) is 177 Å². The number of hydrogen-bond acceptors (Lipinski definition) is 13. The molecule has 2 aromatic rings. The van der Waals surface area contributed by atoms with E-state index < -0.39 is 18.0 Å². The summed E-state index contributed by atoms with van der Waals surface area (Å²) in [6, 6.07) is 19.1. The third-order valence-corrected chi connectivity index (χ3v) is 11.7. The largest absolute Gasteiger partial charge is 0.368 e. The summed E-state index contributed by atoms with van der Waals surface area (Å²) >= 11 is 0. The van der Waals surface area contributed by atoms with Crippen LogP contribution in [-0.2, 0) is 40.0 Å². The fourth-order valence-corrected chi connectivity index (χ4v) is 6.65. The number of benzene rings is 2. The molecule has 0 aliphatic carbocycles. The molecule has 6 unspecified atom stereocenters. The lowest BCUT2D eigenvalue weighted by Crippen LogP contribution is -2.48. The Labute approximate surface area is 479 Å². The van der Waals surface area contributed by atoms with E-state index in [2.05, 4.69) is 99.3 Å². The fourth-order valence-electron chi connectivity index (χ4n) is 6.65. The topological polar surface area (TPSA) is 251 Å². The van der Waals surface area contributed by atoms with Gasteiger partial charge in [0.25, 0.3) is 5.91 Å². The lowest BCUT2D eigenvalue weighted by molar-refractivity contribution is -0.127. The van der Waals surface area contributed by atoms with Gasteiger partial charge in [-0.05, 0) is 77.4 Å². The number of hydrogen-bond donors (Lipinski definition) is 9. The van der Waals surface area contributed by atoms with Gasteiger partial charge in [0, 0.05) is 44.5 Å². The molecule has 0 aromatic heterocycles. The first-order valence-corrected chi connectivity index (χ1v) is 28.6. The Balaban J connectivity index is -0.000000306. The van der Waals surface area contributed by atoms with Gasteiger partial charge in [-0.3, -0.25) is 33.7 Å². The molecule has 3 aliphatic heterocycles. The van der Waals surface area contributed by atoms with Crippen molar-refractivity contribution in [2.45, 2.75) is 185 Å². The average molecular weight is 1110 g/mol. The molecule has 0 bridgehead atoms. The van der Waals surface area contributed by atoms with Crippen LogP contribution in [0.4, 0.5) is 0 Å². The van der Waals surface area contributed by atoms with E-state index in [0.717, 1.165) is 56.2 Å². The van der Waals surface area contributed by atoms with Crippen LogP contribution in [0, 0.1) is 5.92 Å². The van der Waals surface area contributed by atoms with Crippen molar-refractivity contribution in [1.82, 2.24) is 57.5 Å². The molecule has 7 atom stereocenters. The highest BCUT2D eigenvalue weighted by Crippen LogP contribution is 2.24. The summed E-state index contributed by atoms with van der Waals surface area (Å²) in [6.45, 7) is 38.7. The zero-order valence-corrected chi connectivity index (χ0v) is 52.5. The SMILES string of the molecule is C=C(CCC)N1CC(NC(=O)C2C=C(C(=O)N3CCN(C)C3)NN2)CC1C(N)=O.CC.CC.CC.CC.CC(NC=O)c1ccccc1.CCC(C)C(C=O)NC(=O)[C@H](C)NC.CCc1ccccc1.CNC(C)C.CNC=O. The summed E-state index contributed by atoms with van der Waals surface area (Å²) in [6.07, 6.45) is 7.90. The number of carbonyl (C=O) groups is 7. The molecule has 454 valence electrons. The van der Waals surface area contributed by atoms with Crippen LogP contribution in [0.1, 0.15) is 154 Å². The highest BCUT2D eigenvalue weighted by atomic mass is 16.2. The number of rotatable bonds is 19. The first-order chi connectivity index (χ1) is 37.8. The second-order valence-electron chi connectivity index (χ2n) is 17.6. The van der Waals surface area contributed by atoms with Crippen molar-refractivity contribution in [3.63, 3.8) is 0 Å². The Morgan fingerprint density at radius 2 is 1.33 bits per heavy atom. The molecule has 6 amide bonds. The Bertz CT molecular complexity index is 1890. The summed E-state index contributed by atoms with van der Waals surface area (Å²) in [5, 5.41) is 16.4. The van der Waals surface area contributed by atoms with Crippen LogP contribution in [0.15, 0.2) is 84.7 Å². The first kappa shape index (κ1) is 81.7. The molecule has 2 fully saturated rings. The third kappa shape index (κ3) is 37.4. The van der Waals surface area contributed by atoms with Gasteiger partial charge in [0.1, 0.15) is 24.1 Å². The third-order valence-electron chi connectivity index (χ3n) is 11.7. The van der Waals surface area contributed by atoms with Crippen molar-refractivity contribution in [1.29, 1.82) is 0 Å². The molecular weight excluding hydrogens is 1000 g/mol.